The molecule has 9 nitrogen and oxygen atoms in total. The van der Waals surface area contributed by atoms with E-state index in [1.165, 1.54) is 89.9 Å². The summed E-state index contributed by atoms with van der Waals surface area (Å²) in [5, 5.41) is 0. The lowest BCUT2D eigenvalue weighted by molar-refractivity contribution is -0.870. The minimum atomic E-state index is -4.54. The van der Waals surface area contributed by atoms with Crippen molar-refractivity contribution >= 4 is 19.6 Å². The molecule has 0 aliphatic heterocycles. The van der Waals surface area contributed by atoms with Crippen molar-refractivity contribution in [2.45, 2.75) is 174 Å². The number of phosphoric ester groups is 1. The molecule has 0 rings (SSSR count). The number of esters is 1. The highest BCUT2D eigenvalue weighted by atomic mass is 31.2. The molecule has 1 unspecified atom stereocenters. The van der Waals surface area contributed by atoms with Crippen molar-refractivity contribution in [1.29, 1.82) is 0 Å². The number of nitrogens with zero attached hydrogens (tertiary/aromatic N) is 1. The van der Waals surface area contributed by atoms with Crippen molar-refractivity contribution in [2.75, 3.05) is 47.5 Å². The number of carbonyl (C=O) groups excluding carboxylic acids is 2. The van der Waals surface area contributed by atoms with Gasteiger partial charge in [-0.1, -0.05) is 135 Å². The third-order valence-corrected chi connectivity index (χ3v) is 9.72. The monoisotopic (exact) mass is 756 g/mol. The first-order valence-electron chi connectivity index (χ1n) is 20.7. The van der Waals surface area contributed by atoms with Crippen LogP contribution in [0.1, 0.15) is 168 Å². The van der Waals surface area contributed by atoms with Crippen molar-refractivity contribution in [2.24, 2.45) is 0 Å². The molecular weight excluding hydrogens is 677 g/mol. The van der Waals surface area contributed by atoms with Gasteiger partial charge in [0.25, 0.3) is 7.82 Å². The Balaban J connectivity index is 4.40. The van der Waals surface area contributed by atoms with Crippen LogP contribution in [-0.4, -0.2) is 69.8 Å². The second-order valence-electron chi connectivity index (χ2n) is 15.1. The van der Waals surface area contributed by atoms with Crippen LogP contribution in [0.15, 0.2) is 36.6 Å². The zero-order chi connectivity index (χ0) is 38.6. The lowest BCUT2D eigenvalue weighted by atomic mass is 10.0. The molecule has 0 saturated heterocycles. The fraction of sp³-hybridized carbons (Fsp3) is 0.810. The van der Waals surface area contributed by atoms with Crippen LogP contribution in [0.3, 0.4) is 0 Å². The molecule has 0 aromatic rings. The highest BCUT2D eigenvalue weighted by Gasteiger charge is 2.19. The number of hydrogen-bond donors (Lipinski definition) is 0. The van der Waals surface area contributed by atoms with Crippen LogP contribution >= 0.6 is 7.82 Å². The Morgan fingerprint density at radius 2 is 1.17 bits per heavy atom. The van der Waals surface area contributed by atoms with Crippen LogP contribution in [0.4, 0.5) is 0 Å². The molecule has 0 heterocycles. The molecule has 52 heavy (non-hydrogen) atoms. The summed E-state index contributed by atoms with van der Waals surface area (Å²) in [6.45, 7) is 4.51. The first-order valence-corrected chi connectivity index (χ1v) is 22.2. The number of likely N-dealkylation sites (N-methyl/N-ethyl adjacent to an activating group) is 1. The molecule has 0 aliphatic carbocycles. The second-order valence-corrected chi connectivity index (χ2v) is 16.5. The molecule has 0 spiro atoms. The van der Waals surface area contributed by atoms with Crippen LogP contribution in [0.2, 0.25) is 0 Å². The summed E-state index contributed by atoms with van der Waals surface area (Å²) in [6.07, 6.45) is 36.4. The largest absolute Gasteiger partial charge is 0.756 e. The van der Waals surface area contributed by atoms with Gasteiger partial charge in [0.05, 0.1) is 34.0 Å². The van der Waals surface area contributed by atoms with Gasteiger partial charge in [-0.3, -0.25) is 14.2 Å². The summed E-state index contributed by atoms with van der Waals surface area (Å²) in [5.74, 6) is -0.215. The minimum Gasteiger partial charge on any atom is -0.756 e. The summed E-state index contributed by atoms with van der Waals surface area (Å²) in [5.41, 5.74) is 0. The standard InChI is InChI=1S/C42H78NO8P/c1-6-8-10-12-14-15-16-17-18-19-20-22-27-31-36-48-41(39-51-52(46,47)50-37-35-43(3,4)5)38-49-42(45)34-30-26-23-25-29-33-40(44)32-28-24-21-13-11-9-7-2/h21,24,28,31-32,36,41H,6-20,22-23,25-27,29-30,33-35,37-39H2,1-5H3/b24-21-,32-28+,36-31+/t41-/m1/s1. The molecule has 0 fully saturated rings. The van der Waals surface area contributed by atoms with E-state index in [1.54, 1.807) is 12.3 Å². The topological polar surface area (TPSA) is 111 Å². The lowest BCUT2D eigenvalue weighted by Gasteiger charge is -2.28. The molecule has 0 aromatic heterocycles. The van der Waals surface area contributed by atoms with E-state index in [2.05, 4.69) is 19.9 Å². The number of ether oxygens (including phenoxy) is 2. The first-order chi connectivity index (χ1) is 25.0. The van der Waals surface area contributed by atoms with E-state index >= 15 is 0 Å². The molecule has 0 aliphatic rings. The van der Waals surface area contributed by atoms with E-state index in [9.17, 15) is 19.0 Å². The Kier molecular flexibility index (Phi) is 33.8. The molecule has 0 amide bonds. The van der Waals surface area contributed by atoms with E-state index in [1.807, 2.05) is 39.4 Å². The molecule has 0 bridgehead atoms. The minimum absolute atomic E-state index is 0.00788. The zero-order valence-electron chi connectivity index (χ0n) is 34.0. The zero-order valence-corrected chi connectivity index (χ0v) is 34.9. The number of carbonyl (C=O) groups is 2. The maximum atomic E-state index is 12.4. The highest BCUT2D eigenvalue weighted by Crippen LogP contribution is 2.38. The normalized spacial score (nSPS) is 14.0. The Hall–Kier alpha value is -1.77. The van der Waals surface area contributed by atoms with Crippen molar-refractivity contribution in [3.63, 3.8) is 0 Å². The smallest absolute Gasteiger partial charge is 0.305 e. The first kappa shape index (κ1) is 50.2. The highest BCUT2D eigenvalue weighted by molar-refractivity contribution is 7.45. The van der Waals surface area contributed by atoms with Gasteiger partial charge in [0.2, 0.25) is 0 Å². The average molecular weight is 756 g/mol. The number of allylic oxidation sites excluding steroid dienone is 5. The number of phosphoric acid groups is 1. The van der Waals surface area contributed by atoms with E-state index in [0.29, 0.717) is 23.9 Å². The molecular formula is C42H78NO8P. The third-order valence-electron chi connectivity index (χ3n) is 8.76. The summed E-state index contributed by atoms with van der Waals surface area (Å²) < 4.78 is 34.2. The number of quaternary nitrogens is 1. The maximum absolute atomic E-state index is 12.4. The quantitative estimate of drug-likeness (QED) is 0.0116. The van der Waals surface area contributed by atoms with Gasteiger partial charge in [0, 0.05) is 12.8 Å². The van der Waals surface area contributed by atoms with Gasteiger partial charge in [-0.25, -0.2) is 0 Å². The van der Waals surface area contributed by atoms with Gasteiger partial charge in [-0.05, 0) is 50.7 Å². The predicted octanol–water partition coefficient (Wildman–Crippen LogP) is 10.7. The average Bonchev–Trinajstić information content (AvgIpc) is 3.09. The summed E-state index contributed by atoms with van der Waals surface area (Å²) in [4.78, 5) is 36.8. The Morgan fingerprint density at radius 1 is 0.654 bits per heavy atom. The Labute approximate surface area is 319 Å². The molecule has 0 radical (unpaired) electrons. The van der Waals surface area contributed by atoms with Gasteiger partial charge in [0.15, 0.2) is 11.9 Å². The van der Waals surface area contributed by atoms with E-state index < -0.39 is 13.9 Å². The van der Waals surface area contributed by atoms with E-state index in [-0.39, 0.29) is 38.0 Å². The van der Waals surface area contributed by atoms with Crippen LogP contribution in [0.5, 0.6) is 0 Å². The van der Waals surface area contributed by atoms with Crippen molar-refractivity contribution in [3.05, 3.63) is 36.6 Å². The van der Waals surface area contributed by atoms with Gasteiger partial charge >= 0.3 is 5.97 Å². The van der Waals surface area contributed by atoms with Crippen LogP contribution in [-0.2, 0) is 32.7 Å². The molecule has 0 aromatic carbocycles. The molecule has 0 saturated carbocycles. The number of rotatable bonds is 38. The third kappa shape index (κ3) is 38.0. The molecule has 304 valence electrons. The SMILES string of the molecule is CCCCC/C=C\C=C\C(=O)CCCCCCCC(=O)OC[C@H](COP(=O)([O-])OCC[N+](C)(C)C)O/C=C/CCCCCCCCCCCCCC. The van der Waals surface area contributed by atoms with Crippen molar-refractivity contribution < 1.29 is 42.1 Å². The molecule has 0 N–H and O–H groups in total. The second kappa shape index (κ2) is 35.0. The fourth-order valence-corrected chi connectivity index (χ4v) is 6.12. The van der Waals surface area contributed by atoms with Crippen molar-refractivity contribution in [1.82, 2.24) is 0 Å². The Morgan fingerprint density at radius 3 is 1.79 bits per heavy atom. The van der Waals surface area contributed by atoms with Gasteiger partial charge in [-0.15, -0.1) is 0 Å². The van der Waals surface area contributed by atoms with E-state index in [4.69, 9.17) is 18.5 Å². The van der Waals surface area contributed by atoms with Crippen molar-refractivity contribution in [3.8, 4) is 0 Å². The summed E-state index contributed by atoms with van der Waals surface area (Å²) in [7, 11) is 1.29. The fourth-order valence-electron chi connectivity index (χ4n) is 5.39. The lowest BCUT2D eigenvalue weighted by Crippen LogP contribution is -2.37. The summed E-state index contributed by atoms with van der Waals surface area (Å²) in [6, 6.07) is 0. The van der Waals surface area contributed by atoms with Gasteiger partial charge < -0.3 is 27.9 Å². The number of unbranched alkanes of at least 4 members (excludes halogenated alkanes) is 19. The van der Waals surface area contributed by atoms with Crippen LogP contribution in [0, 0.1) is 0 Å². The molecule has 2 atom stereocenters. The predicted molar refractivity (Wildman–Crippen MR) is 213 cm³/mol. The van der Waals surface area contributed by atoms with E-state index in [0.717, 1.165) is 44.9 Å². The van der Waals surface area contributed by atoms with Crippen LogP contribution in [0.25, 0.3) is 0 Å². The number of hydrogen-bond acceptors (Lipinski definition) is 8. The summed E-state index contributed by atoms with van der Waals surface area (Å²) >= 11 is 0. The molecule has 10 heteroatoms. The number of ketones is 1. The van der Waals surface area contributed by atoms with Gasteiger partial charge in [0.1, 0.15) is 19.8 Å². The van der Waals surface area contributed by atoms with Crippen LogP contribution < -0.4 is 4.89 Å². The van der Waals surface area contributed by atoms with Gasteiger partial charge in [-0.2, -0.15) is 0 Å². The Bertz CT molecular complexity index is 991. The maximum Gasteiger partial charge on any atom is 0.305 e.